The number of hydrogen-bond acceptors (Lipinski definition) is 3. The number of nitrogens with zero attached hydrogens (tertiary/aromatic N) is 1. The summed E-state index contributed by atoms with van der Waals surface area (Å²) < 4.78 is 25.8. The van der Waals surface area contributed by atoms with Gasteiger partial charge in [-0.1, -0.05) is 6.07 Å². The van der Waals surface area contributed by atoms with Crippen molar-refractivity contribution in [3.63, 3.8) is 0 Å². The van der Waals surface area contributed by atoms with Crippen molar-refractivity contribution in [2.45, 2.75) is 30.7 Å². The summed E-state index contributed by atoms with van der Waals surface area (Å²) in [5, 5.41) is 0. The van der Waals surface area contributed by atoms with Crippen molar-refractivity contribution < 1.29 is 8.42 Å². The second-order valence-corrected chi connectivity index (χ2v) is 6.26. The predicted molar refractivity (Wildman–Crippen MR) is 63.6 cm³/mol. The highest BCUT2D eigenvalue weighted by atomic mass is 32.2. The Morgan fingerprint density at radius 3 is 2.50 bits per heavy atom. The Labute approximate surface area is 96.1 Å². The molecule has 0 atom stereocenters. The molecule has 0 heterocycles. The highest BCUT2D eigenvalue weighted by molar-refractivity contribution is 7.89. The molecule has 0 amide bonds. The molecule has 4 nitrogen and oxygen atoms in total. The van der Waals surface area contributed by atoms with E-state index in [2.05, 4.69) is 0 Å². The monoisotopic (exact) mass is 240 g/mol. The number of anilines is 1. The minimum atomic E-state index is -3.41. The van der Waals surface area contributed by atoms with Gasteiger partial charge in [-0.3, -0.25) is 0 Å². The lowest BCUT2D eigenvalue weighted by atomic mass is 10.2. The fourth-order valence-electron chi connectivity index (χ4n) is 1.69. The minimum Gasteiger partial charge on any atom is -0.398 e. The Morgan fingerprint density at radius 1 is 1.38 bits per heavy atom. The van der Waals surface area contributed by atoms with Crippen LogP contribution in [0.15, 0.2) is 23.1 Å². The van der Waals surface area contributed by atoms with E-state index in [1.807, 2.05) is 6.92 Å². The van der Waals surface area contributed by atoms with E-state index in [-0.39, 0.29) is 10.9 Å². The molecule has 0 radical (unpaired) electrons. The Bertz CT molecular complexity index is 507. The molecule has 2 rings (SSSR count). The molecule has 0 saturated heterocycles. The van der Waals surface area contributed by atoms with Crippen LogP contribution >= 0.6 is 0 Å². The van der Waals surface area contributed by atoms with Crippen LogP contribution in [-0.2, 0) is 10.0 Å². The lowest BCUT2D eigenvalue weighted by Crippen LogP contribution is -2.29. The summed E-state index contributed by atoms with van der Waals surface area (Å²) in [7, 11) is -1.80. The van der Waals surface area contributed by atoms with Crippen molar-refractivity contribution in [3.8, 4) is 0 Å². The van der Waals surface area contributed by atoms with Gasteiger partial charge in [0.15, 0.2) is 0 Å². The first kappa shape index (κ1) is 11.4. The van der Waals surface area contributed by atoms with Crippen molar-refractivity contribution >= 4 is 15.7 Å². The number of sulfonamides is 1. The van der Waals surface area contributed by atoms with Crippen LogP contribution in [0, 0.1) is 6.92 Å². The van der Waals surface area contributed by atoms with Crippen LogP contribution in [0.4, 0.5) is 5.69 Å². The van der Waals surface area contributed by atoms with Crippen LogP contribution < -0.4 is 5.73 Å². The number of nitrogens with two attached hydrogens (primary N) is 1. The maximum atomic E-state index is 12.2. The smallest absolute Gasteiger partial charge is 0.245 e. The molecule has 0 bridgehead atoms. The first-order chi connectivity index (χ1) is 7.43. The number of aryl methyl sites for hydroxylation is 1. The van der Waals surface area contributed by atoms with Crippen molar-refractivity contribution in [1.82, 2.24) is 4.31 Å². The van der Waals surface area contributed by atoms with Gasteiger partial charge in [-0.05, 0) is 37.5 Å². The first-order valence-corrected chi connectivity index (χ1v) is 6.71. The topological polar surface area (TPSA) is 63.4 Å². The van der Waals surface area contributed by atoms with Crippen LogP contribution in [0.1, 0.15) is 18.4 Å². The average Bonchev–Trinajstić information content (AvgIpc) is 2.98. The number of benzene rings is 1. The van der Waals surface area contributed by atoms with E-state index < -0.39 is 10.0 Å². The zero-order valence-electron chi connectivity index (χ0n) is 9.47. The normalized spacial score (nSPS) is 16.7. The summed E-state index contributed by atoms with van der Waals surface area (Å²) >= 11 is 0. The predicted octanol–water partition coefficient (Wildman–Crippen LogP) is 1.36. The lowest BCUT2D eigenvalue weighted by molar-refractivity contribution is 0.464. The number of hydrogen-bond donors (Lipinski definition) is 1. The molecule has 1 aromatic rings. The molecule has 0 unspecified atom stereocenters. The molecular formula is C11H16N2O2S. The molecule has 1 aliphatic rings. The number of rotatable bonds is 3. The third kappa shape index (κ3) is 1.92. The molecule has 0 aliphatic heterocycles. The third-order valence-corrected chi connectivity index (χ3v) is 4.87. The van der Waals surface area contributed by atoms with E-state index in [0.717, 1.165) is 18.4 Å². The van der Waals surface area contributed by atoms with Gasteiger partial charge in [0.05, 0.1) is 5.69 Å². The largest absolute Gasteiger partial charge is 0.398 e. The van der Waals surface area contributed by atoms with E-state index in [4.69, 9.17) is 5.73 Å². The van der Waals surface area contributed by atoms with Crippen molar-refractivity contribution in [1.29, 1.82) is 0 Å². The van der Waals surface area contributed by atoms with Gasteiger partial charge in [-0.2, -0.15) is 4.31 Å². The van der Waals surface area contributed by atoms with Gasteiger partial charge in [-0.25, -0.2) is 8.42 Å². The molecule has 2 N–H and O–H groups in total. The maximum absolute atomic E-state index is 12.2. The fourth-order valence-corrected chi connectivity index (χ4v) is 3.20. The van der Waals surface area contributed by atoms with Crippen LogP contribution in [0.2, 0.25) is 0 Å². The van der Waals surface area contributed by atoms with Crippen molar-refractivity contribution in [2.24, 2.45) is 0 Å². The van der Waals surface area contributed by atoms with Gasteiger partial charge in [0.25, 0.3) is 0 Å². The van der Waals surface area contributed by atoms with Crippen LogP contribution in [0.5, 0.6) is 0 Å². The van der Waals surface area contributed by atoms with Gasteiger partial charge >= 0.3 is 0 Å². The molecule has 5 heteroatoms. The molecule has 88 valence electrons. The van der Waals surface area contributed by atoms with Gasteiger partial charge in [0, 0.05) is 13.1 Å². The second kappa shape index (κ2) is 3.75. The molecule has 0 spiro atoms. The Hall–Kier alpha value is -1.07. The van der Waals surface area contributed by atoms with Crippen LogP contribution in [0.3, 0.4) is 0 Å². The van der Waals surface area contributed by atoms with E-state index >= 15 is 0 Å². The fraction of sp³-hybridized carbons (Fsp3) is 0.455. The summed E-state index contributed by atoms with van der Waals surface area (Å²) in [6, 6.07) is 5.20. The Kier molecular flexibility index (Phi) is 2.67. The second-order valence-electron chi connectivity index (χ2n) is 4.29. The number of nitrogen functional groups attached to an aromatic ring is 1. The van der Waals surface area contributed by atoms with Gasteiger partial charge < -0.3 is 5.73 Å². The zero-order valence-corrected chi connectivity index (χ0v) is 10.3. The molecular weight excluding hydrogens is 224 g/mol. The standard InChI is InChI=1S/C11H16N2O2S/c1-8-3-6-11(10(12)7-8)16(14,15)13(2)9-4-5-9/h3,6-7,9H,4-5,12H2,1-2H3. The van der Waals surface area contributed by atoms with E-state index in [0.29, 0.717) is 5.69 Å². The molecule has 16 heavy (non-hydrogen) atoms. The van der Waals surface area contributed by atoms with Crippen molar-refractivity contribution in [3.05, 3.63) is 23.8 Å². The average molecular weight is 240 g/mol. The summed E-state index contributed by atoms with van der Waals surface area (Å²) in [6.07, 6.45) is 1.89. The highest BCUT2D eigenvalue weighted by Crippen LogP contribution is 2.32. The first-order valence-electron chi connectivity index (χ1n) is 5.27. The maximum Gasteiger partial charge on any atom is 0.245 e. The summed E-state index contributed by atoms with van der Waals surface area (Å²) in [5.41, 5.74) is 7.05. The Morgan fingerprint density at radius 2 is 2.00 bits per heavy atom. The summed E-state index contributed by atoms with van der Waals surface area (Å²) in [5.74, 6) is 0. The van der Waals surface area contributed by atoms with Crippen molar-refractivity contribution in [2.75, 3.05) is 12.8 Å². The lowest BCUT2D eigenvalue weighted by Gasteiger charge is -2.17. The quantitative estimate of drug-likeness (QED) is 0.811. The van der Waals surface area contributed by atoms with Crippen LogP contribution in [0.25, 0.3) is 0 Å². The zero-order chi connectivity index (χ0) is 11.9. The summed E-state index contributed by atoms with van der Waals surface area (Å²) in [6.45, 7) is 1.89. The molecule has 1 aromatic carbocycles. The highest BCUT2D eigenvalue weighted by Gasteiger charge is 2.35. The van der Waals surface area contributed by atoms with E-state index in [1.165, 1.54) is 4.31 Å². The third-order valence-electron chi connectivity index (χ3n) is 2.88. The minimum absolute atomic E-state index is 0.158. The molecule has 1 saturated carbocycles. The molecule has 1 aliphatic carbocycles. The van der Waals surface area contributed by atoms with E-state index in [1.54, 1.807) is 25.2 Å². The molecule has 1 fully saturated rings. The van der Waals surface area contributed by atoms with E-state index in [9.17, 15) is 8.42 Å². The Balaban J connectivity index is 2.42. The summed E-state index contributed by atoms with van der Waals surface area (Å²) in [4.78, 5) is 0.215. The SMILES string of the molecule is Cc1ccc(S(=O)(=O)N(C)C2CC2)c(N)c1. The van der Waals surface area contributed by atoms with Crippen LogP contribution in [-0.4, -0.2) is 25.8 Å². The van der Waals surface area contributed by atoms with Gasteiger partial charge in [0.1, 0.15) is 4.90 Å². The molecule has 0 aromatic heterocycles. The van der Waals surface area contributed by atoms with Gasteiger partial charge in [0.2, 0.25) is 10.0 Å². The van der Waals surface area contributed by atoms with Gasteiger partial charge in [-0.15, -0.1) is 0 Å².